The quantitative estimate of drug-likeness (QED) is 0.719. The van der Waals surface area contributed by atoms with E-state index in [1.54, 1.807) is 13.2 Å². The van der Waals surface area contributed by atoms with Gasteiger partial charge in [-0.05, 0) is 24.1 Å². The van der Waals surface area contributed by atoms with Crippen molar-refractivity contribution in [3.63, 3.8) is 0 Å². The fraction of sp³-hybridized carbons (Fsp3) is 0.200. The van der Waals surface area contributed by atoms with Gasteiger partial charge >= 0.3 is 0 Å². The minimum absolute atomic E-state index is 0.0733. The second kappa shape index (κ2) is 8.15. The Kier molecular flexibility index (Phi) is 5.46. The molecule has 0 aliphatic rings. The molecule has 0 spiro atoms. The second-order valence-corrected chi connectivity index (χ2v) is 5.68. The number of hydrogen-bond acceptors (Lipinski definition) is 4. The fourth-order valence-electron chi connectivity index (χ4n) is 2.53. The molecule has 0 fully saturated rings. The molecule has 0 aliphatic heterocycles. The number of carbonyl (C=O) groups excluding carboxylic acids is 1. The number of ether oxygens (including phenoxy) is 1. The molecule has 1 aromatic heterocycles. The number of methoxy groups -OCH3 is 1. The van der Waals surface area contributed by atoms with Gasteiger partial charge in [0, 0.05) is 18.2 Å². The van der Waals surface area contributed by atoms with Gasteiger partial charge in [0.25, 0.3) is 0 Å². The van der Waals surface area contributed by atoms with Crippen molar-refractivity contribution in [3.05, 3.63) is 71.9 Å². The van der Waals surface area contributed by atoms with Gasteiger partial charge in [-0.3, -0.25) is 4.79 Å². The summed E-state index contributed by atoms with van der Waals surface area (Å²) in [6, 6.07) is 19.3. The Morgan fingerprint density at radius 2 is 1.96 bits per heavy atom. The van der Waals surface area contributed by atoms with Crippen LogP contribution in [-0.4, -0.2) is 24.7 Å². The summed E-state index contributed by atoms with van der Waals surface area (Å²) < 4.78 is 10.5. The van der Waals surface area contributed by atoms with E-state index in [1.807, 2.05) is 54.6 Å². The molecule has 0 aliphatic carbocycles. The number of benzene rings is 2. The van der Waals surface area contributed by atoms with Crippen molar-refractivity contribution in [2.75, 3.05) is 13.7 Å². The molecule has 1 N–H and O–H groups in total. The molecule has 3 aromatic rings. The number of carbonyl (C=O) groups is 1. The monoisotopic (exact) mass is 336 g/mol. The Hall–Kier alpha value is -3.08. The van der Waals surface area contributed by atoms with Gasteiger partial charge in [-0.25, -0.2) is 0 Å². The molecule has 2 aromatic carbocycles. The molecule has 0 saturated carbocycles. The van der Waals surface area contributed by atoms with Crippen molar-refractivity contribution < 1.29 is 14.1 Å². The van der Waals surface area contributed by atoms with E-state index in [-0.39, 0.29) is 12.3 Å². The first-order valence-electron chi connectivity index (χ1n) is 8.15. The smallest absolute Gasteiger partial charge is 0.226 e. The first-order chi connectivity index (χ1) is 12.2. The summed E-state index contributed by atoms with van der Waals surface area (Å²) in [5, 5.41) is 6.87. The summed E-state index contributed by atoms with van der Waals surface area (Å²) in [5.41, 5.74) is 2.69. The minimum atomic E-state index is -0.0733. The van der Waals surface area contributed by atoms with Gasteiger partial charge in [0.2, 0.25) is 5.91 Å². The normalized spacial score (nSPS) is 10.4. The summed E-state index contributed by atoms with van der Waals surface area (Å²) in [4.78, 5) is 12.1. The lowest BCUT2D eigenvalue weighted by Crippen LogP contribution is -2.27. The highest BCUT2D eigenvalue weighted by Gasteiger charge is 2.10. The maximum absolute atomic E-state index is 12.1. The van der Waals surface area contributed by atoms with Gasteiger partial charge < -0.3 is 14.6 Å². The second-order valence-electron chi connectivity index (χ2n) is 5.68. The van der Waals surface area contributed by atoms with Crippen LogP contribution in [0.4, 0.5) is 0 Å². The summed E-state index contributed by atoms with van der Waals surface area (Å²) in [6.07, 6.45) is 0.950. The molecular formula is C20H20N2O3. The highest BCUT2D eigenvalue weighted by molar-refractivity contribution is 5.78. The standard InChI is InChI=1S/C20H20N2O3/c1-24-18-9-5-6-15(12-18)10-11-21-20(23)14-17-13-19(25-22-17)16-7-3-2-4-8-16/h2-9,12-13H,10-11,14H2,1H3,(H,21,23). The molecule has 0 atom stereocenters. The average Bonchev–Trinajstić information content (AvgIpc) is 3.11. The van der Waals surface area contributed by atoms with Crippen LogP contribution >= 0.6 is 0 Å². The molecule has 1 heterocycles. The molecule has 0 saturated heterocycles. The number of amides is 1. The zero-order valence-corrected chi connectivity index (χ0v) is 14.1. The molecular weight excluding hydrogens is 316 g/mol. The SMILES string of the molecule is COc1cccc(CCNC(=O)Cc2cc(-c3ccccc3)on2)c1. The lowest BCUT2D eigenvalue weighted by molar-refractivity contribution is -0.120. The van der Waals surface area contributed by atoms with E-state index in [0.29, 0.717) is 18.0 Å². The summed E-state index contributed by atoms with van der Waals surface area (Å²) in [5.74, 6) is 1.41. The zero-order chi connectivity index (χ0) is 17.5. The van der Waals surface area contributed by atoms with E-state index in [2.05, 4.69) is 10.5 Å². The first-order valence-corrected chi connectivity index (χ1v) is 8.15. The van der Waals surface area contributed by atoms with Crippen LogP contribution in [0.25, 0.3) is 11.3 Å². The third-order valence-corrected chi connectivity index (χ3v) is 3.83. The van der Waals surface area contributed by atoms with Crippen LogP contribution in [0.1, 0.15) is 11.3 Å². The number of nitrogens with one attached hydrogen (secondary N) is 1. The Morgan fingerprint density at radius 1 is 1.12 bits per heavy atom. The van der Waals surface area contributed by atoms with Crippen LogP contribution in [0.2, 0.25) is 0 Å². The van der Waals surface area contributed by atoms with Crippen LogP contribution in [0.3, 0.4) is 0 Å². The van der Waals surface area contributed by atoms with Crippen molar-refractivity contribution in [1.29, 1.82) is 0 Å². The van der Waals surface area contributed by atoms with Gasteiger partial charge in [-0.15, -0.1) is 0 Å². The van der Waals surface area contributed by atoms with Crippen LogP contribution in [0, 0.1) is 0 Å². The van der Waals surface area contributed by atoms with E-state index in [9.17, 15) is 4.79 Å². The van der Waals surface area contributed by atoms with Gasteiger partial charge in [-0.2, -0.15) is 0 Å². The number of rotatable bonds is 7. The highest BCUT2D eigenvalue weighted by Crippen LogP contribution is 2.19. The molecule has 1 amide bonds. The van der Waals surface area contributed by atoms with Crippen molar-refractivity contribution in [3.8, 4) is 17.1 Å². The predicted molar refractivity (Wildman–Crippen MR) is 95.4 cm³/mol. The molecule has 0 radical (unpaired) electrons. The predicted octanol–water partition coefficient (Wildman–Crippen LogP) is 3.25. The maximum atomic E-state index is 12.1. The van der Waals surface area contributed by atoms with Gasteiger partial charge in [-0.1, -0.05) is 47.6 Å². The third kappa shape index (κ3) is 4.70. The Morgan fingerprint density at radius 3 is 2.76 bits per heavy atom. The fourth-order valence-corrected chi connectivity index (χ4v) is 2.53. The lowest BCUT2D eigenvalue weighted by atomic mass is 10.1. The third-order valence-electron chi connectivity index (χ3n) is 3.83. The molecule has 0 unspecified atom stereocenters. The maximum Gasteiger partial charge on any atom is 0.226 e. The topological polar surface area (TPSA) is 64.4 Å². The summed E-state index contributed by atoms with van der Waals surface area (Å²) in [6.45, 7) is 0.565. The molecule has 5 nitrogen and oxygen atoms in total. The van der Waals surface area contributed by atoms with Gasteiger partial charge in [0.1, 0.15) is 5.75 Å². The van der Waals surface area contributed by atoms with Crippen LogP contribution in [-0.2, 0) is 17.6 Å². The zero-order valence-electron chi connectivity index (χ0n) is 14.1. The van der Waals surface area contributed by atoms with E-state index in [1.165, 1.54) is 0 Å². The minimum Gasteiger partial charge on any atom is -0.497 e. The summed E-state index contributed by atoms with van der Waals surface area (Å²) >= 11 is 0. The lowest BCUT2D eigenvalue weighted by Gasteiger charge is -2.06. The van der Waals surface area contributed by atoms with E-state index < -0.39 is 0 Å². The van der Waals surface area contributed by atoms with Gasteiger partial charge in [0.05, 0.1) is 19.2 Å². The number of hydrogen-bond donors (Lipinski definition) is 1. The highest BCUT2D eigenvalue weighted by atomic mass is 16.5. The van der Waals surface area contributed by atoms with Crippen molar-refractivity contribution >= 4 is 5.91 Å². The van der Waals surface area contributed by atoms with E-state index in [0.717, 1.165) is 23.3 Å². The average molecular weight is 336 g/mol. The Balaban J connectivity index is 1.49. The largest absolute Gasteiger partial charge is 0.497 e. The molecule has 5 heteroatoms. The van der Waals surface area contributed by atoms with Crippen molar-refractivity contribution in [1.82, 2.24) is 10.5 Å². The molecule has 3 rings (SSSR count). The van der Waals surface area contributed by atoms with E-state index in [4.69, 9.17) is 9.26 Å². The van der Waals surface area contributed by atoms with Crippen molar-refractivity contribution in [2.45, 2.75) is 12.8 Å². The Bertz CT molecular complexity index is 828. The molecule has 128 valence electrons. The van der Waals surface area contributed by atoms with E-state index >= 15 is 0 Å². The Labute approximate surface area is 146 Å². The van der Waals surface area contributed by atoms with Crippen LogP contribution in [0.15, 0.2) is 65.2 Å². The van der Waals surface area contributed by atoms with Gasteiger partial charge in [0.15, 0.2) is 5.76 Å². The molecule has 25 heavy (non-hydrogen) atoms. The van der Waals surface area contributed by atoms with Crippen molar-refractivity contribution in [2.24, 2.45) is 0 Å². The van der Waals surface area contributed by atoms with Crippen LogP contribution in [0.5, 0.6) is 5.75 Å². The first kappa shape index (κ1) is 16.8. The van der Waals surface area contributed by atoms with Crippen LogP contribution < -0.4 is 10.1 Å². The molecule has 0 bridgehead atoms. The summed E-state index contributed by atoms with van der Waals surface area (Å²) in [7, 11) is 1.64. The number of nitrogens with zero attached hydrogens (tertiary/aromatic N) is 1. The number of aromatic nitrogens is 1.